The SMILES string of the molecule is C1CCC2(CC1)CC(C1CCC1CNC1CC1)CCO2. The topological polar surface area (TPSA) is 21.3 Å². The average Bonchev–Trinajstić information content (AvgIpc) is 3.23. The van der Waals surface area contributed by atoms with E-state index in [1.165, 1.54) is 77.2 Å². The second-order valence-electron chi connectivity index (χ2n) is 8.03. The molecule has 0 aromatic rings. The molecule has 0 bridgehead atoms. The van der Waals surface area contributed by atoms with E-state index in [1.54, 1.807) is 0 Å². The third-order valence-corrected chi connectivity index (χ3v) is 6.62. The van der Waals surface area contributed by atoms with Crippen LogP contribution in [0.25, 0.3) is 0 Å². The Labute approximate surface area is 124 Å². The second kappa shape index (κ2) is 5.61. The Balaban J connectivity index is 1.32. The summed E-state index contributed by atoms with van der Waals surface area (Å²) in [6.45, 7) is 2.35. The summed E-state index contributed by atoms with van der Waals surface area (Å²) in [5.41, 5.74) is 0.311. The molecule has 1 N–H and O–H groups in total. The van der Waals surface area contributed by atoms with E-state index in [4.69, 9.17) is 4.74 Å². The van der Waals surface area contributed by atoms with E-state index in [9.17, 15) is 0 Å². The molecular formula is C18H31NO. The molecule has 0 aromatic heterocycles. The summed E-state index contributed by atoms with van der Waals surface area (Å²) in [6, 6.07) is 0.885. The van der Waals surface area contributed by atoms with Crippen LogP contribution >= 0.6 is 0 Å². The van der Waals surface area contributed by atoms with E-state index in [0.29, 0.717) is 5.60 Å². The summed E-state index contributed by atoms with van der Waals surface area (Å²) < 4.78 is 6.28. The van der Waals surface area contributed by atoms with Crippen molar-refractivity contribution < 1.29 is 4.74 Å². The molecule has 0 amide bonds. The van der Waals surface area contributed by atoms with Gasteiger partial charge in [-0.25, -0.2) is 0 Å². The van der Waals surface area contributed by atoms with Crippen molar-refractivity contribution in [2.75, 3.05) is 13.2 Å². The van der Waals surface area contributed by atoms with Gasteiger partial charge in [-0.2, -0.15) is 0 Å². The van der Waals surface area contributed by atoms with Crippen molar-refractivity contribution in [3.8, 4) is 0 Å². The van der Waals surface area contributed by atoms with Crippen LogP contribution in [0, 0.1) is 17.8 Å². The second-order valence-corrected chi connectivity index (χ2v) is 8.03. The van der Waals surface area contributed by atoms with E-state index in [1.807, 2.05) is 0 Å². The molecule has 2 nitrogen and oxygen atoms in total. The first-order valence-corrected chi connectivity index (χ1v) is 9.22. The smallest absolute Gasteiger partial charge is 0.0685 e. The predicted molar refractivity (Wildman–Crippen MR) is 81.7 cm³/mol. The van der Waals surface area contributed by atoms with Crippen LogP contribution in [0.5, 0.6) is 0 Å². The highest BCUT2D eigenvalue weighted by molar-refractivity contribution is 4.96. The fraction of sp³-hybridized carbons (Fsp3) is 1.00. The predicted octanol–water partition coefficient (Wildman–Crippen LogP) is 3.89. The molecule has 4 fully saturated rings. The number of hydrogen-bond acceptors (Lipinski definition) is 2. The number of nitrogens with one attached hydrogen (secondary N) is 1. The summed E-state index contributed by atoms with van der Waals surface area (Å²) in [5, 5.41) is 3.77. The van der Waals surface area contributed by atoms with Gasteiger partial charge >= 0.3 is 0 Å². The first-order chi connectivity index (χ1) is 9.85. The maximum atomic E-state index is 6.28. The van der Waals surface area contributed by atoms with Crippen molar-refractivity contribution in [1.29, 1.82) is 0 Å². The molecule has 2 heteroatoms. The summed E-state index contributed by atoms with van der Waals surface area (Å²) in [5.74, 6) is 2.98. The summed E-state index contributed by atoms with van der Waals surface area (Å²) in [7, 11) is 0. The molecule has 3 atom stereocenters. The van der Waals surface area contributed by atoms with Gasteiger partial charge in [0, 0.05) is 12.6 Å². The standard InChI is InChI=1S/C18H31NO/c1-2-9-18(10-3-1)12-14(8-11-20-18)17-7-4-15(17)13-19-16-5-6-16/h14-17,19H,1-13H2. The highest BCUT2D eigenvalue weighted by Gasteiger charge is 2.45. The highest BCUT2D eigenvalue weighted by Crippen LogP contribution is 2.49. The molecule has 1 aliphatic heterocycles. The zero-order valence-corrected chi connectivity index (χ0v) is 12.9. The fourth-order valence-corrected chi connectivity index (χ4v) is 5.05. The summed E-state index contributed by atoms with van der Waals surface area (Å²) >= 11 is 0. The van der Waals surface area contributed by atoms with Gasteiger partial charge in [0.1, 0.15) is 0 Å². The van der Waals surface area contributed by atoms with E-state index < -0.39 is 0 Å². The number of ether oxygens (including phenoxy) is 1. The monoisotopic (exact) mass is 277 g/mol. The lowest BCUT2D eigenvalue weighted by atomic mass is 9.62. The van der Waals surface area contributed by atoms with Crippen LogP contribution in [0.15, 0.2) is 0 Å². The van der Waals surface area contributed by atoms with Gasteiger partial charge in [0.15, 0.2) is 0 Å². The molecule has 1 spiro atoms. The number of rotatable bonds is 4. The average molecular weight is 277 g/mol. The molecule has 3 aliphatic carbocycles. The Morgan fingerprint density at radius 1 is 0.950 bits per heavy atom. The zero-order valence-electron chi connectivity index (χ0n) is 12.9. The van der Waals surface area contributed by atoms with E-state index in [-0.39, 0.29) is 0 Å². The summed E-state index contributed by atoms with van der Waals surface area (Å²) in [6.07, 6.45) is 15.5. The van der Waals surface area contributed by atoms with Gasteiger partial charge in [0.25, 0.3) is 0 Å². The molecule has 1 heterocycles. The first kappa shape index (κ1) is 13.6. The molecule has 4 rings (SSSR count). The molecule has 0 aromatic carbocycles. The van der Waals surface area contributed by atoms with Gasteiger partial charge in [-0.05, 0) is 75.7 Å². The Kier molecular flexibility index (Phi) is 3.80. The van der Waals surface area contributed by atoms with Crippen LogP contribution in [0.3, 0.4) is 0 Å². The van der Waals surface area contributed by atoms with Crippen molar-refractivity contribution in [3.05, 3.63) is 0 Å². The molecule has 1 saturated heterocycles. The van der Waals surface area contributed by atoms with Crippen LogP contribution in [-0.2, 0) is 4.74 Å². The Hall–Kier alpha value is -0.0800. The fourth-order valence-electron chi connectivity index (χ4n) is 5.05. The molecular weight excluding hydrogens is 246 g/mol. The van der Waals surface area contributed by atoms with Crippen molar-refractivity contribution in [3.63, 3.8) is 0 Å². The minimum Gasteiger partial charge on any atom is -0.375 e. The molecule has 3 unspecified atom stereocenters. The van der Waals surface area contributed by atoms with Crippen molar-refractivity contribution in [2.24, 2.45) is 17.8 Å². The van der Waals surface area contributed by atoms with Gasteiger partial charge in [0.2, 0.25) is 0 Å². The van der Waals surface area contributed by atoms with Crippen LogP contribution < -0.4 is 5.32 Å². The minimum atomic E-state index is 0.311. The lowest BCUT2D eigenvalue weighted by Crippen LogP contribution is -2.47. The zero-order chi connectivity index (χ0) is 13.4. The molecule has 114 valence electrons. The van der Waals surface area contributed by atoms with E-state index >= 15 is 0 Å². The number of hydrogen-bond donors (Lipinski definition) is 1. The highest BCUT2D eigenvalue weighted by atomic mass is 16.5. The Morgan fingerprint density at radius 2 is 1.80 bits per heavy atom. The van der Waals surface area contributed by atoms with Gasteiger partial charge in [-0.15, -0.1) is 0 Å². The summed E-state index contributed by atoms with van der Waals surface area (Å²) in [4.78, 5) is 0. The van der Waals surface area contributed by atoms with Crippen molar-refractivity contribution in [1.82, 2.24) is 5.32 Å². The largest absolute Gasteiger partial charge is 0.375 e. The van der Waals surface area contributed by atoms with Crippen molar-refractivity contribution in [2.45, 2.75) is 82.3 Å². The van der Waals surface area contributed by atoms with E-state index in [0.717, 1.165) is 30.4 Å². The van der Waals surface area contributed by atoms with Crippen molar-refractivity contribution >= 4 is 0 Å². The van der Waals surface area contributed by atoms with Crippen LogP contribution in [-0.4, -0.2) is 24.8 Å². The van der Waals surface area contributed by atoms with Gasteiger partial charge in [-0.1, -0.05) is 19.3 Å². The Bertz CT molecular complexity index is 327. The maximum Gasteiger partial charge on any atom is 0.0685 e. The molecule has 3 saturated carbocycles. The molecule has 4 aliphatic rings. The normalized spacial score (nSPS) is 40.5. The third kappa shape index (κ3) is 2.78. The Morgan fingerprint density at radius 3 is 2.50 bits per heavy atom. The van der Waals surface area contributed by atoms with Crippen LogP contribution in [0.4, 0.5) is 0 Å². The lowest BCUT2D eigenvalue weighted by molar-refractivity contribution is -0.135. The maximum absolute atomic E-state index is 6.28. The quantitative estimate of drug-likeness (QED) is 0.841. The van der Waals surface area contributed by atoms with Crippen LogP contribution in [0.1, 0.15) is 70.6 Å². The minimum absolute atomic E-state index is 0.311. The van der Waals surface area contributed by atoms with Gasteiger partial charge < -0.3 is 10.1 Å². The molecule has 0 radical (unpaired) electrons. The van der Waals surface area contributed by atoms with Gasteiger partial charge in [-0.3, -0.25) is 0 Å². The van der Waals surface area contributed by atoms with Gasteiger partial charge in [0.05, 0.1) is 5.60 Å². The van der Waals surface area contributed by atoms with E-state index in [2.05, 4.69) is 5.32 Å². The molecule has 20 heavy (non-hydrogen) atoms. The van der Waals surface area contributed by atoms with Crippen LogP contribution in [0.2, 0.25) is 0 Å². The third-order valence-electron chi connectivity index (χ3n) is 6.62. The lowest BCUT2D eigenvalue weighted by Gasteiger charge is -2.50. The first-order valence-electron chi connectivity index (χ1n) is 9.22.